The Bertz CT molecular complexity index is 869. The molecular formula is C17H14FN3O4S. The molecule has 0 saturated carbocycles. The Hall–Kier alpha value is -3.33. The molecule has 0 heterocycles. The van der Waals surface area contributed by atoms with E-state index in [4.69, 9.17) is 17.0 Å². The Morgan fingerprint density at radius 3 is 2.58 bits per heavy atom. The first-order valence-electron chi connectivity index (χ1n) is 7.27. The van der Waals surface area contributed by atoms with Crippen molar-refractivity contribution in [2.24, 2.45) is 0 Å². The molecular weight excluding hydrogens is 361 g/mol. The number of anilines is 1. The van der Waals surface area contributed by atoms with E-state index < -0.39 is 16.6 Å². The fourth-order valence-corrected chi connectivity index (χ4v) is 2.13. The van der Waals surface area contributed by atoms with Crippen LogP contribution in [-0.4, -0.2) is 23.1 Å². The van der Waals surface area contributed by atoms with Crippen molar-refractivity contribution in [2.75, 3.05) is 12.4 Å². The zero-order valence-corrected chi connectivity index (χ0v) is 14.4. The van der Waals surface area contributed by atoms with Crippen molar-refractivity contribution in [3.8, 4) is 5.75 Å². The normalized spacial score (nSPS) is 10.4. The van der Waals surface area contributed by atoms with Crippen molar-refractivity contribution >= 4 is 40.7 Å². The summed E-state index contributed by atoms with van der Waals surface area (Å²) < 4.78 is 18.7. The van der Waals surface area contributed by atoms with Crippen molar-refractivity contribution in [1.82, 2.24) is 5.32 Å². The summed E-state index contributed by atoms with van der Waals surface area (Å²) in [5.74, 6) is -0.582. The number of carbonyl (C=O) groups is 1. The van der Waals surface area contributed by atoms with Crippen LogP contribution in [0.2, 0.25) is 0 Å². The number of hydrogen-bond acceptors (Lipinski definition) is 5. The standard InChI is InChI=1S/C17H14FN3O4S/c1-25-13-6-2-11(3-7-13)4-9-16(22)20-17(26)19-15-10-12(21(23)24)5-8-14(15)18/h2-10H,1H3,(H2,19,20,22,26)/b9-4+. The minimum Gasteiger partial charge on any atom is -0.497 e. The number of carbonyl (C=O) groups excluding carboxylic acids is 1. The quantitative estimate of drug-likeness (QED) is 0.361. The molecule has 0 aliphatic carbocycles. The van der Waals surface area contributed by atoms with E-state index in [1.807, 2.05) is 0 Å². The van der Waals surface area contributed by atoms with Gasteiger partial charge in [0.2, 0.25) is 5.91 Å². The molecule has 0 saturated heterocycles. The van der Waals surface area contributed by atoms with Crippen molar-refractivity contribution < 1.29 is 18.8 Å². The van der Waals surface area contributed by atoms with Gasteiger partial charge in [-0.15, -0.1) is 0 Å². The number of non-ortho nitro benzene ring substituents is 1. The zero-order valence-electron chi connectivity index (χ0n) is 13.6. The number of ether oxygens (including phenoxy) is 1. The summed E-state index contributed by atoms with van der Waals surface area (Å²) >= 11 is 4.91. The van der Waals surface area contributed by atoms with Gasteiger partial charge in [-0.2, -0.15) is 0 Å². The van der Waals surface area contributed by atoms with Crippen LogP contribution < -0.4 is 15.4 Å². The Morgan fingerprint density at radius 1 is 1.27 bits per heavy atom. The number of methoxy groups -OCH3 is 1. The molecule has 26 heavy (non-hydrogen) atoms. The molecule has 0 fully saturated rings. The molecule has 0 bridgehead atoms. The van der Waals surface area contributed by atoms with Crippen LogP contribution in [-0.2, 0) is 4.79 Å². The molecule has 0 unspecified atom stereocenters. The van der Waals surface area contributed by atoms with E-state index in [9.17, 15) is 19.3 Å². The second kappa shape index (κ2) is 8.67. The number of thiocarbonyl (C=S) groups is 1. The molecule has 2 rings (SSSR count). The molecule has 2 aromatic carbocycles. The van der Waals surface area contributed by atoms with Gasteiger partial charge >= 0.3 is 0 Å². The van der Waals surface area contributed by atoms with Crippen molar-refractivity contribution in [2.45, 2.75) is 0 Å². The van der Waals surface area contributed by atoms with Crippen LogP contribution in [0.25, 0.3) is 6.08 Å². The van der Waals surface area contributed by atoms with Gasteiger partial charge in [0.15, 0.2) is 5.11 Å². The monoisotopic (exact) mass is 375 g/mol. The highest BCUT2D eigenvalue weighted by Crippen LogP contribution is 2.21. The Morgan fingerprint density at radius 2 is 1.96 bits per heavy atom. The molecule has 9 heteroatoms. The third-order valence-corrected chi connectivity index (χ3v) is 3.39. The third kappa shape index (κ3) is 5.35. The molecule has 2 aromatic rings. The molecule has 2 N–H and O–H groups in total. The van der Waals surface area contributed by atoms with E-state index >= 15 is 0 Å². The van der Waals surface area contributed by atoms with Gasteiger partial charge < -0.3 is 10.1 Å². The number of nitro benzene ring substituents is 1. The largest absolute Gasteiger partial charge is 0.497 e. The van der Waals surface area contributed by atoms with Crippen LogP contribution in [0, 0.1) is 15.9 Å². The van der Waals surface area contributed by atoms with Crippen LogP contribution in [0.3, 0.4) is 0 Å². The number of nitrogens with zero attached hydrogens (tertiary/aromatic N) is 1. The van der Waals surface area contributed by atoms with Gasteiger partial charge in [0.1, 0.15) is 11.6 Å². The second-order valence-corrected chi connectivity index (χ2v) is 5.38. The lowest BCUT2D eigenvalue weighted by molar-refractivity contribution is -0.384. The number of hydrogen-bond donors (Lipinski definition) is 2. The minimum absolute atomic E-state index is 0.186. The smallest absolute Gasteiger partial charge is 0.271 e. The van der Waals surface area contributed by atoms with Crippen molar-refractivity contribution in [3.63, 3.8) is 0 Å². The molecule has 0 atom stereocenters. The fraction of sp³-hybridized carbons (Fsp3) is 0.0588. The van der Waals surface area contributed by atoms with Gasteiger partial charge in [-0.05, 0) is 42.1 Å². The maximum Gasteiger partial charge on any atom is 0.271 e. The predicted molar refractivity (Wildman–Crippen MR) is 99.4 cm³/mol. The summed E-state index contributed by atoms with van der Waals surface area (Å²) in [5.41, 5.74) is 0.260. The van der Waals surface area contributed by atoms with Crippen LogP contribution in [0.15, 0.2) is 48.5 Å². The summed E-state index contributed by atoms with van der Waals surface area (Å²) in [6.45, 7) is 0. The molecule has 0 aliphatic rings. The molecule has 7 nitrogen and oxygen atoms in total. The van der Waals surface area contributed by atoms with Gasteiger partial charge in [0.05, 0.1) is 17.7 Å². The molecule has 0 aromatic heterocycles. The molecule has 0 spiro atoms. The lowest BCUT2D eigenvalue weighted by atomic mass is 10.2. The number of rotatable bonds is 5. The first-order chi connectivity index (χ1) is 12.4. The van der Waals surface area contributed by atoms with Crippen LogP contribution in [0.4, 0.5) is 15.8 Å². The van der Waals surface area contributed by atoms with Gasteiger partial charge in [0, 0.05) is 18.2 Å². The number of halogens is 1. The Labute approximate surface area is 153 Å². The number of nitrogens with one attached hydrogen (secondary N) is 2. The van der Waals surface area contributed by atoms with Gasteiger partial charge in [-0.25, -0.2) is 4.39 Å². The Kier molecular flexibility index (Phi) is 6.34. The van der Waals surface area contributed by atoms with Crippen LogP contribution in [0.1, 0.15) is 5.56 Å². The molecule has 0 radical (unpaired) electrons. The maximum absolute atomic E-state index is 13.7. The van der Waals surface area contributed by atoms with E-state index in [1.165, 1.54) is 6.08 Å². The molecule has 134 valence electrons. The van der Waals surface area contributed by atoms with Crippen LogP contribution in [0.5, 0.6) is 5.75 Å². The summed E-state index contributed by atoms with van der Waals surface area (Å²) in [6, 6.07) is 9.97. The number of benzene rings is 2. The third-order valence-electron chi connectivity index (χ3n) is 3.19. The number of amides is 1. The first-order valence-corrected chi connectivity index (χ1v) is 7.68. The SMILES string of the molecule is COc1ccc(/C=C/C(=O)NC(=S)Nc2cc([N+](=O)[O-])ccc2F)cc1. The van der Waals surface area contributed by atoms with Gasteiger partial charge in [0.25, 0.3) is 5.69 Å². The average molecular weight is 375 g/mol. The lowest BCUT2D eigenvalue weighted by Gasteiger charge is -2.08. The highest BCUT2D eigenvalue weighted by molar-refractivity contribution is 7.80. The fourth-order valence-electron chi connectivity index (χ4n) is 1.92. The first kappa shape index (κ1) is 19.0. The van der Waals surface area contributed by atoms with Crippen molar-refractivity contribution in [1.29, 1.82) is 0 Å². The number of nitro groups is 1. The molecule has 1 amide bonds. The van der Waals surface area contributed by atoms with E-state index in [2.05, 4.69) is 10.6 Å². The van der Waals surface area contributed by atoms with E-state index in [0.717, 1.165) is 23.8 Å². The summed E-state index contributed by atoms with van der Waals surface area (Å²) in [4.78, 5) is 21.9. The summed E-state index contributed by atoms with van der Waals surface area (Å²) in [5, 5.41) is 15.3. The van der Waals surface area contributed by atoms with E-state index in [-0.39, 0.29) is 16.5 Å². The topological polar surface area (TPSA) is 93.5 Å². The lowest BCUT2D eigenvalue weighted by Crippen LogP contribution is -2.33. The van der Waals surface area contributed by atoms with E-state index in [1.54, 1.807) is 37.5 Å². The minimum atomic E-state index is -0.735. The molecule has 0 aliphatic heterocycles. The Balaban J connectivity index is 1.96. The summed E-state index contributed by atoms with van der Waals surface area (Å²) in [7, 11) is 1.55. The highest BCUT2D eigenvalue weighted by atomic mass is 32.1. The second-order valence-electron chi connectivity index (χ2n) is 4.97. The summed E-state index contributed by atoms with van der Waals surface area (Å²) in [6.07, 6.45) is 2.81. The highest BCUT2D eigenvalue weighted by Gasteiger charge is 2.12. The average Bonchev–Trinajstić information content (AvgIpc) is 2.62. The van der Waals surface area contributed by atoms with E-state index in [0.29, 0.717) is 5.75 Å². The zero-order chi connectivity index (χ0) is 19.1. The van der Waals surface area contributed by atoms with Crippen molar-refractivity contribution in [3.05, 3.63) is 70.0 Å². The predicted octanol–water partition coefficient (Wildman–Crippen LogP) is 3.27. The maximum atomic E-state index is 13.7. The van der Waals surface area contributed by atoms with Gasteiger partial charge in [-0.3, -0.25) is 20.2 Å². The van der Waals surface area contributed by atoms with Gasteiger partial charge in [-0.1, -0.05) is 12.1 Å². The van der Waals surface area contributed by atoms with Crippen LogP contribution >= 0.6 is 12.2 Å².